The van der Waals surface area contributed by atoms with Crippen molar-refractivity contribution in [2.24, 2.45) is 5.92 Å². The summed E-state index contributed by atoms with van der Waals surface area (Å²) < 4.78 is 13.1. The summed E-state index contributed by atoms with van der Waals surface area (Å²) in [5.74, 6) is 1.61. The Kier molecular flexibility index (Phi) is 5.95. The van der Waals surface area contributed by atoms with Crippen molar-refractivity contribution in [2.75, 3.05) is 6.61 Å². The molecule has 0 aliphatic rings. The summed E-state index contributed by atoms with van der Waals surface area (Å²) >= 11 is 1.55. The summed E-state index contributed by atoms with van der Waals surface area (Å²) in [5.41, 5.74) is 0.264. The van der Waals surface area contributed by atoms with E-state index < -0.39 is 0 Å². The number of thiophene rings is 1. The Labute approximate surface area is 174 Å². The van der Waals surface area contributed by atoms with Gasteiger partial charge < -0.3 is 9.15 Å². The van der Waals surface area contributed by atoms with E-state index >= 15 is 0 Å². The first-order chi connectivity index (χ1) is 14.2. The minimum absolute atomic E-state index is 0.325. The molecule has 2 aromatic heterocycles. The van der Waals surface area contributed by atoms with Gasteiger partial charge in [0.1, 0.15) is 4.88 Å². The van der Waals surface area contributed by atoms with Crippen molar-refractivity contribution in [1.29, 1.82) is 0 Å². The number of benzene rings is 2. The van der Waals surface area contributed by atoms with E-state index in [0.29, 0.717) is 29.3 Å². The van der Waals surface area contributed by atoms with Crippen molar-refractivity contribution in [3.63, 3.8) is 0 Å². The number of nitrogens with zero attached hydrogens (tertiary/aromatic N) is 1. The maximum atomic E-state index is 12.5. The van der Waals surface area contributed by atoms with E-state index in [9.17, 15) is 4.79 Å². The summed E-state index contributed by atoms with van der Waals surface area (Å²) in [6.45, 7) is 5.08. The molecule has 2 heterocycles. The van der Waals surface area contributed by atoms with Gasteiger partial charge in [0.25, 0.3) is 0 Å². The normalized spacial score (nSPS) is 12.5. The van der Waals surface area contributed by atoms with Gasteiger partial charge in [0.2, 0.25) is 5.89 Å². The van der Waals surface area contributed by atoms with Gasteiger partial charge in [-0.3, -0.25) is 0 Å². The summed E-state index contributed by atoms with van der Waals surface area (Å²) in [5, 5.41) is 1.53. The monoisotopic (exact) mass is 407 g/mol. The Morgan fingerprint density at radius 3 is 2.62 bits per heavy atom. The summed E-state index contributed by atoms with van der Waals surface area (Å²) in [6.07, 6.45) is 4.64. The van der Waals surface area contributed by atoms with Crippen molar-refractivity contribution in [3.05, 3.63) is 59.0 Å². The Bertz CT molecular complexity index is 1180. The van der Waals surface area contributed by atoms with Crippen LogP contribution >= 0.6 is 11.3 Å². The number of aromatic nitrogens is 1. The average molecular weight is 408 g/mol. The van der Waals surface area contributed by atoms with Crippen LogP contribution in [-0.2, 0) is 0 Å². The third-order valence-corrected chi connectivity index (χ3v) is 6.43. The lowest BCUT2D eigenvalue weighted by molar-refractivity contribution is 0.236. The van der Waals surface area contributed by atoms with Crippen molar-refractivity contribution in [1.82, 2.24) is 4.98 Å². The highest BCUT2D eigenvalue weighted by Crippen LogP contribution is 2.44. The van der Waals surface area contributed by atoms with Crippen LogP contribution in [-0.4, -0.2) is 11.6 Å². The van der Waals surface area contributed by atoms with E-state index in [0.717, 1.165) is 33.6 Å². The van der Waals surface area contributed by atoms with E-state index in [4.69, 9.17) is 9.15 Å². The maximum Gasteiger partial charge on any atom is 0.347 e. The highest BCUT2D eigenvalue weighted by molar-refractivity contribution is 7.22. The van der Waals surface area contributed by atoms with E-state index in [1.165, 1.54) is 12.8 Å². The van der Waals surface area contributed by atoms with Crippen molar-refractivity contribution in [2.45, 2.75) is 39.5 Å². The van der Waals surface area contributed by atoms with Gasteiger partial charge in [0, 0.05) is 10.1 Å². The predicted octanol–water partition coefficient (Wildman–Crippen LogP) is 6.66. The third kappa shape index (κ3) is 4.06. The number of fused-ring (bicyclic) bond motifs is 2. The highest BCUT2D eigenvalue weighted by atomic mass is 32.1. The summed E-state index contributed by atoms with van der Waals surface area (Å²) in [6, 6.07) is 15.4. The molecule has 29 heavy (non-hydrogen) atoms. The van der Waals surface area contributed by atoms with Crippen molar-refractivity contribution < 1.29 is 9.15 Å². The number of rotatable bonds is 8. The molecule has 0 fully saturated rings. The van der Waals surface area contributed by atoms with Gasteiger partial charge in [0.15, 0.2) is 5.75 Å². The summed E-state index contributed by atoms with van der Waals surface area (Å²) in [4.78, 5) is 17.9. The average Bonchev–Trinajstić information content (AvgIpc) is 3.12. The zero-order valence-electron chi connectivity index (χ0n) is 16.8. The SMILES string of the molecule is CCCCC(CC)COc1c(-c2nc3ccccc3c(=O)o2)sc2ccccc12. The first kappa shape index (κ1) is 19.6. The molecule has 0 aliphatic heterocycles. The largest absolute Gasteiger partial charge is 0.491 e. The van der Waals surface area contributed by atoms with Crippen LogP contribution in [0.1, 0.15) is 39.5 Å². The smallest absolute Gasteiger partial charge is 0.347 e. The van der Waals surface area contributed by atoms with Gasteiger partial charge in [-0.25, -0.2) is 9.78 Å². The fourth-order valence-electron chi connectivity index (χ4n) is 3.52. The van der Waals surface area contributed by atoms with Gasteiger partial charge in [-0.05, 0) is 36.6 Å². The second-order valence-corrected chi connectivity index (χ2v) is 8.36. The number of ether oxygens (including phenoxy) is 1. The molecule has 2 aromatic carbocycles. The topological polar surface area (TPSA) is 52.3 Å². The molecular formula is C24H25NO3S. The zero-order valence-corrected chi connectivity index (χ0v) is 17.6. The van der Waals surface area contributed by atoms with Crippen LogP contribution in [0.4, 0.5) is 0 Å². The zero-order chi connectivity index (χ0) is 20.2. The predicted molar refractivity (Wildman–Crippen MR) is 120 cm³/mol. The number of para-hydroxylation sites is 1. The molecule has 150 valence electrons. The number of hydrogen-bond donors (Lipinski definition) is 0. The second kappa shape index (κ2) is 8.78. The quantitative estimate of drug-likeness (QED) is 0.327. The maximum absolute atomic E-state index is 12.5. The van der Waals surface area contributed by atoms with Gasteiger partial charge in [-0.1, -0.05) is 57.4 Å². The molecule has 0 aliphatic carbocycles. The first-order valence-corrected chi connectivity index (χ1v) is 11.1. The molecule has 0 spiro atoms. The van der Waals surface area contributed by atoms with E-state index in [1.54, 1.807) is 17.4 Å². The Hall–Kier alpha value is -2.66. The third-order valence-electron chi connectivity index (χ3n) is 5.29. The number of hydrogen-bond acceptors (Lipinski definition) is 5. The second-order valence-electron chi connectivity index (χ2n) is 7.31. The van der Waals surface area contributed by atoms with Crippen molar-refractivity contribution in [3.8, 4) is 16.5 Å². The lowest BCUT2D eigenvalue weighted by Gasteiger charge is -2.16. The Balaban J connectivity index is 1.77. The van der Waals surface area contributed by atoms with E-state index in [2.05, 4.69) is 31.0 Å². The standard InChI is InChI=1S/C24H25NO3S/c1-3-5-10-16(4-2)15-27-21-18-12-7-9-14-20(18)29-22(21)23-25-19-13-8-6-11-17(19)24(26)28-23/h6-9,11-14,16H,3-5,10,15H2,1-2H3. The molecule has 1 atom stereocenters. The van der Waals surface area contributed by atoms with Crippen LogP contribution in [0.5, 0.6) is 5.75 Å². The summed E-state index contributed by atoms with van der Waals surface area (Å²) in [7, 11) is 0. The molecule has 4 aromatic rings. The molecule has 0 bridgehead atoms. The van der Waals surface area contributed by atoms with E-state index in [1.807, 2.05) is 30.3 Å². The van der Waals surface area contributed by atoms with Gasteiger partial charge in [-0.15, -0.1) is 11.3 Å². The lowest BCUT2D eigenvalue weighted by Crippen LogP contribution is -2.11. The molecule has 4 rings (SSSR count). The molecule has 0 radical (unpaired) electrons. The fourth-order valence-corrected chi connectivity index (χ4v) is 4.59. The van der Waals surface area contributed by atoms with Gasteiger partial charge in [-0.2, -0.15) is 0 Å². The van der Waals surface area contributed by atoms with Crippen LogP contribution in [0.15, 0.2) is 57.7 Å². The van der Waals surface area contributed by atoms with Crippen LogP contribution in [0.25, 0.3) is 31.8 Å². The first-order valence-electron chi connectivity index (χ1n) is 10.3. The molecule has 0 saturated carbocycles. The van der Waals surface area contributed by atoms with Crippen molar-refractivity contribution >= 4 is 32.3 Å². The molecule has 4 nitrogen and oxygen atoms in total. The van der Waals surface area contributed by atoms with Gasteiger partial charge >= 0.3 is 5.63 Å². The highest BCUT2D eigenvalue weighted by Gasteiger charge is 2.21. The van der Waals surface area contributed by atoms with Crippen LogP contribution < -0.4 is 10.4 Å². The minimum atomic E-state index is -0.372. The van der Waals surface area contributed by atoms with E-state index in [-0.39, 0.29) is 5.63 Å². The van der Waals surface area contributed by atoms with Crippen LogP contribution in [0, 0.1) is 5.92 Å². The Morgan fingerprint density at radius 1 is 1.07 bits per heavy atom. The molecular weight excluding hydrogens is 382 g/mol. The molecule has 0 amide bonds. The Morgan fingerprint density at radius 2 is 1.83 bits per heavy atom. The molecule has 0 saturated heterocycles. The molecule has 0 N–H and O–H groups in total. The lowest BCUT2D eigenvalue weighted by atomic mass is 10.0. The number of unbranched alkanes of at least 4 members (excludes halogenated alkanes) is 1. The molecule has 1 unspecified atom stereocenters. The minimum Gasteiger partial charge on any atom is -0.491 e. The van der Waals surface area contributed by atoms with Crippen LogP contribution in [0.3, 0.4) is 0 Å². The molecule has 5 heteroatoms. The van der Waals surface area contributed by atoms with Crippen LogP contribution in [0.2, 0.25) is 0 Å². The fraction of sp³-hybridized carbons (Fsp3) is 0.333. The van der Waals surface area contributed by atoms with Gasteiger partial charge in [0.05, 0.1) is 17.5 Å².